The van der Waals surface area contributed by atoms with Gasteiger partial charge in [-0.05, 0) is 51.3 Å². The Hall–Kier alpha value is -1.60. The number of amides is 1. The van der Waals surface area contributed by atoms with E-state index in [1.54, 1.807) is 0 Å². The minimum Gasteiger partial charge on any atom is -0.382 e. The van der Waals surface area contributed by atoms with Gasteiger partial charge in [0.15, 0.2) is 5.96 Å². The molecule has 0 bridgehead atoms. The molecule has 0 aliphatic rings. The molecule has 0 aromatic heterocycles. The van der Waals surface area contributed by atoms with Crippen LogP contribution in [0.5, 0.6) is 0 Å². The second-order valence-corrected chi connectivity index (χ2v) is 6.76. The lowest BCUT2D eigenvalue weighted by molar-refractivity contribution is -0.116. The van der Waals surface area contributed by atoms with Crippen LogP contribution >= 0.6 is 15.9 Å². The summed E-state index contributed by atoms with van der Waals surface area (Å²) in [6.07, 6.45) is 2.37. The summed E-state index contributed by atoms with van der Waals surface area (Å²) in [4.78, 5) is 16.7. The van der Waals surface area contributed by atoms with Crippen LogP contribution in [0.2, 0.25) is 0 Å². The maximum Gasteiger partial charge on any atom is 0.226 e. The number of nitrogens with one attached hydrogen (secondary N) is 3. The fourth-order valence-corrected chi connectivity index (χ4v) is 2.59. The van der Waals surface area contributed by atoms with Gasteiger partial charge in [0.25, 0.3) is 0 Å². The Balaban J connectivity index is 2.34. The van der Waals surface area contributed by atoms with E-state index in [-0.39, 0.29) is 5.91 Å². The second-order valence-electron chi connectivity index (χ2n) is 5.85. The van der Waals surface area contributed by atoms with Crippen molar-refractivity contribution in [3.8, 4) is 0 Å². The molecule has 7 heteroatoms. The lowest BCUT2D eigenvalue weighted by Gasteiger charge is -2.12. The number of nitrogens with zero attached hydrogens (tertiary/aromatic N) is 1. The molecule has 1 aromatic carbocycles. The zero-order chi connectivity index (χ0) is 19.2. The summed E-state index contributed by atoms with van der Waals surface area (Å²) in [5.74, 6) is 0.724. The average Bonchev–Trinajstić information content (AvgIpc) is 2.61. The quantitative estimate of drug-likeness (QED) is 0.287. The molecule has 0 saturated carbocycles. The number of hydrogen-bond donors (Lipinski definition) is 3. The van der Waals surface area contributed by atoms with E-state index < -0.39 is 0 Å². The van der Waals surface area contributed by atoms with E-state index in [2.05, 4.69) is 36.9 Å². The lowest BCUT2D eigenvalue weighted by atomic mass is 10.2. The van der Waals surface area contributed by atoms with Gasteiger partial charge in [0.1, 0.15) is 0 Å². The van der Waals surface area contributed by atoms with Crippen molar-refractivity contribution in [2.24, 2.45) is 4.99 Å². The molecule has 0 atom stereocenters. The lowest BCUT2D eigenvalue weighted by Crippen LogP contribution is -2.38. The van der Waals surface area contributed by atoms with Crippen LogP contribution in [0.3, 0.4) is 0 Å². The van der Waals surface area contributed by atoms with Crippen molar-refractivity contribution in [1.82, 2.24) is 10.6 Å². The van der Waals surface area contributed by atoms with E-state index in [1.165, 1.54) is 0 Å². The number of aliphatic imine (C=N–C) groups is 1. The van der Waals surface area contributed by atoms with Gasteiger partial charge in [0.05, 0.1) is 0 Å². The maximum absolute atomic E-state index is 12.1. The van der Waals surface area contributed by atoms with Crippen molar-refractivity contribution in [1.29, 1.82) is 0 Å². The molecule has 6 nitrogen and oxygen atoms in total. The SMILES string of the molecule is CCNC(=NCCCCOCC)NCCC(=O)Nc1cc(Br)ccc1C. The average molecular weight is 427 g/mol. The molecule has 0 radical (unpaired) electrons. The molecule has 0 aliphatic carbocycles. The number of benzene rings is 1. The number of aryl methyl sites for hydroxylation is 1. The van der Waals surface area contributed by atoms with E-state index in [0.29, 0.717) is 13.0 Å². The third-order valence-electron chi connectivity index (χ3n) is 3.63. The molecule has 0 aliphatic heterocycles. The van der Waals surface area contributed by atoms with Gasteiger partial charge in [-0.15, -0.1) is 0 Å². The van der Waals surface area contributed by atoms with Gasteiger partial charge < -0.3 is 20.7 Å². The Morgan fingerprint density at radius 2 is 2.04 bits per heavy atom. The molecule has 1 rings (SSSR count). The zero-order valence-electron chi connectivity index (χ0n) is 16.0. The summed E-state index contributed by atoms with van der Waals surface area (Å²) in [6.45, 7) is 9.60. The third kappa shape index (κ3) is 9.77. The fraction of sp³-hybridized carbons (Fsp3) is 0.579. The predicted molar refractivity (Wildman–Crippen MR) is 112 cm³/mol. The van der Waals surface area contributed by atoms with Gasteiger partial charge in [-0.25, -0.2) is 0 Å². The first-order valence-corrected chi connectivity index (χ1v) is 10.0. The monoisotopic (exact) mass is 426 g/mol. The topological polar surface area (TPSA) is 74.8 Å². The molecule has 1 amide bonds. The minimum absolute atomic E-state index is 0.0220. The van der Waals surface area contributed by atoms with Crippen molar-refractivity contribution in [2.75, 3.05) is 38.2 Å². The number of anilines is 1. The number of unbranched alkanes of at least 4 members (excludes halogenated alkanes) is 1. The second kappa shape index (κ2) is 13.6. The Morgan fingerprint density at radius 3 is 2.77 bits per heavy atom. The first kappa shape index (κ1) is 22.4. The predicted octanol–water partition coefficient (Wildman–Crippen LogP) is 3.46. The molecule has 0 unspecified atom stereocenters. The first-order valence-electron chi connectivity index (χ1n) is 9.22. The number of halogens is 1. The minimum atomic E-state index is -0.0220. The molecule has 1 aromatic rings. The number of carbonyl (C=O) groups is 1. The van der Waals surface area contributed by atoms with Crippen LogP contribution in [0, 0.1) is 6.92 Å². The highest BCUT2D eigenvalue weighted by Gasteiger charge is 2.06. The maximum atomic E-state index is 12.1. The van der Waals surface area contributed by atoms with E-state index in [4.69, 9.17) is 4.74 Å². The number of ether oxygens (including phenoxy) is 1. The zero-order valence-corrected chi connectivity index (χ0v) is 17.6. The third-order valence-corrected chi connectivity index (χ3v) is 4.13. The summed E-state index contributed by atoms with van der Waals surface area (Å²) >= 11 is 3.42. The first-order chi connectivity index (χ1) is 12.6. The Labute approximate surface area is 165 Å². The van der Waals surface area contributed by atoms with Crippen LogP contribution < -0.4 is 16.0 Å². The van der Waals surface area contributed by atoms with Crippen molar-refractivity contribution in [2.45, 2.75) is 40.0 Å². The van der Waals surface area contributed by atoms with Crippen LogP contribution in [0.1, 0.15) is 38.7 Å². The van der Waals surface area contributed by atoms with Gasteiger partial charge in [0.2, 0.25) is 5.91 Å². The normalized spacial score (nSPS) is 11.3. The van der Waals surface area contributed by atoms with Crippen molar-refractivity contribution in [3.63, 3.8) is 0 Å². The van der Waals surface area contributed by atoms with E-state index in [1.807, 2.05) is 39.0 Å². The van der Waals surface area contributed by atoms with Gasteiger partial charge >= 0.3 is 0 Å². The molecule has 3 N–H and O–H groups in total. The molecule has 0 saturated heterocycles. The molecular weight excluding hydrogens is 396 g/mol. The molecule has 0 fully saturated rings. The summed E-state index contributed by atoms with van der Waals surface area (Å²) in [7, 11) is 0. The van der Waals surface area contributed by atoms with Gasteiger partial charge in [-0.2, -0.15) is 0 Å². The molecule has 26 heavy (non-hydrogen) atoms. The highest BCUT2D eigenvalue weighted by atomic mass is 79.9. The Bertz CT molecular complexity index is 579. The van der Waals surface area contributed by atoms with Gasteiger partial charge in [0, 0.05) is 49.4 Å². The van der Waals surface area contributed by atoms with E-state index in [0.717, 1.165) is 60.8 Å². The smallest absolute Gasteiger partial charge is 0.226 e. The summed E-state index contributed by atoms with van der Waals surface area (Å²) < 4.78 is 6.26. The summed E-state index contributed by atoms with van der Waals surface area (Å²) in [5.41, 5.74) is 1.87. The number of carbonyl (C=O) groups excluding carboxylic acids is 1. The highest BCUT2D eigenvalue weighted by Crippen LogP contribution is 2.20. The van der Waals surface area contributed by atoms with Crippen molar-refractivity contribution < 1.29 is 9.53 Å². The molecule has 0 spiro atoms. The van der Waals surface area contributed by atoms with Crippen LogP contribution in [0.25, 0.3) is 0 Å². The van der Waals surface area contributed by atoms with E-state index >= 15 is 0 Å². The summed E-state index contributed by atoms with van der Waals surface area (Å²) in [6, 6.07) is 5.84. The number of hydrogen-bond acceptors (Lipinski definition) is 3. The molecule has 0 heterocycles. The Kier molecular flexibility index (Phi) is 11.7. The van der Waals surface area contributed by atoms with Crippen LogP contribution in [0.4, 0.5) is 5.69 Å². The fourth-order valence-electron chi connectivity index (χ4n) is 2.23. The van der Waals surface area contributed by atoms with Crippen LogP contribution in [0.15, 0.2) is 27.7 Å². The number of rotatable bonds is 11. The Morgan fingerprint density at radius 1 is 1.23 bits per heavy atom. The standard InChI is InChI=1S/C19H31BrN4O2/c1-4-21-19(22-11-6-7-13-26-5-2)23-12-10-18(25)24-17-14-16(20)9-8-15(17)3/h8-9,14H,4-7,10-13H2,1-3H3,(H,24,25)(H2,21,22,23). The summed E-state index contributed by atoms with van der Waals surface area (Å²) in [5, 5.41) is 9.34. The highest BCUT2D eigenvalue weighted by molar-refractivity contribution is 9.10. The van der Waals surface area contributed by atoms with Gasteiger partial charge in [-0.1, -0.05) is 22.0 Å². The van der Waals surface area contributed by atoms with Crippen molar-refractivity contribution in [3.05, 3.63) is 28.2 Å². The van der Waals surface area contributed by atoms with Crippen LogP contribution in [-0.4, -0.2) is 44.7 Å². The van der Waals surface area contributed by atoms with Crippen LogP contribution in [-0.2, 0) is 9.53 Å². The number of guanidine groups is 1. The molecule has 146 valence electrons. The van der Waals surface area contributed by atoms with Crippen molar-refractivity contribution >= 4 is 33.5 Å². The largest absolute Gasteiger partial charge is 0.382 e. The van der Waals surface area contributed by atoms with Gasteiger partial charge in [-0.3, -0.25) is 9.79 Å². The molecular formula is C19H31BrN4O2. The van der Waals surface area contributed by atoms with E-state index in [9.17, 15) is 4.79 Å².